The van der Waals surface area contributed by atoms with Gasteiger partial charge in [0.2, 0.25) is 5.91 Å². The largest absolute Gasteiger partial charge is 0.416 e. The van der Waals surface area contributed by atoms with Crippen LogP contribution in [0.1, 0.15) is 31.2 Å². The van der Waals surface area contributed by atoms with E-state index in [2.05, 4.69) is 5.32 Å². The van der Waals surface area contributed by atoms with Gasteiger partial charge in [-0.1, -0.05) is 6.42 Å². The SMILES string of the molecule is NC1CCCC(C(=O)Nc2ccc(C(F)(F)F)cc2)C1. The van der Waals surface area contributed by atoms with Gasteiger partial charge in [-0.15, -0.1) is 0 Å². The van der Waals surface area contributed by atoms with Crippen LogP contribution in [-0.4, -0.2) is 11.9 Å². The molecular weight excluding hydrogens is 269 g/mol. The summed E-state index contributed by atoms with van der Waals surface area (Å²) < 4.78 is 37.2. The van der Waals surface area contributed by atoms with Crippen LogP contribution in [0.25, 0.3) is 0 Å². The number of nitrogens with one attached hydrogen (secondary N) is 1. The lowest BCUT2D eigenvalue weighted by atomic mass is 9.85. The molecule has 3 nitrogen and oxygen atoms in total. The van der Waals surface area contributed by atoms with Crippen molar-refractivity contribution >= 4 is 11.6 Å². The van der Waals surface area contributed by atoms with Crippen LogP contribution < -0.4 is 11.1 Å². The molecule has 20 heavy (non-hydrogen) atoms. The van der Waals surface area contributed by atoms with E-state index in [1.165, 1.54) is 12.1 Å². The molecule has 1 aliphatic carbocycles. The number of halogens is 3. The summed E-state index contributed by atoms with van der Waals surface area (Å²) in [4.78, 5) is 12.0. The first-order chi connectivity index (χ1) is 9.36. The van der Waals surface area contributed by atoms with E-state index in [4.69, 9.17) is 5.73 Å². The lowest BCUT2D eigenvalue weighted by Gasteiger charge is -2.25. The zero-order chi connectivity index (χ0) is 14.8. The molecule has 1 fully saturated rings. The first-order valence-corrected chi connectivity index (χ1v) is 6.60. The fourth-order valence-corrected chi connectivity index (χ4v) is 2.45. The Morgan fingerprint density at radius 3 is 2.40 bits per heavy atom. The van der Waals surface area contributed by atoms with Gasteiger partial charge in [0.1, 0.15) is 0 Å². The highest BCUT2D eigenvalue weighted by molar-refractivity contribution is 5.92. The number of carbonyl (C=O) groups is 1. The topological polar surface area (TPSA) is 55.1 Å². The minimum absolute atomic E-state index is 0.0344. The predicted octanol–water partition coefficient (Wildman–Crippen LogP) is 3.16. The van der Waals surface area contributed by atoms with Crippen molar-refractivity contribution in [1.82, 2.24) is 0 Å². The number of hydrogen-bond donors (Lipinski definition) is 2. The van der Waals surface area contributed by atoms with Crippen molar-refractivity contribution in [3.05, 3.63) is 29.8 Å². The molecule has 1 amide bonds. The summed E-state index contributed by atoms with van der Waals surface area (Å²) in [5, 5.41) is 2.65. The molecule has 6 heteroatoms. The minimum atomic E-state index is -4.36. The Hall–Kier alpha value is -1.56. The van der Waals surface area contributed by atoms with Gasteiger partial charge in [-0.3, -0.25) is 4.79 Å². The Labute approximate surface area is 115 Å². The van der Waals surface area contributed by atoms with Gasteiger partial charge in [0.15, 0.2) is 0 Å². The molecule has 1 aromatic carbocycles. The van der Waals surface area contributed by atoms with Gasteiger partial charge in [-0.05, 0) is 43.5 Å². The molecule has 0 spiro atoms. The summed E-state index contributed by atoms with van der Waals surface area (Å²) in [6.07, 6.45) is -1.12. The molecule has 0 bridgehead atoms. The number of nitrogens with two attached hydrogens (primary N) is 1. The van der Waals surface area contributed by atoms with Crippen molar-refractivity contribution in [1.29, 1.82) is 0 Å². The first kappa shape index (κ1) is 14.8. The summed E-state index contributed by atoms with van der Waals surface area (Å²) in [5.41, 5.74) is 5.47. The normalized spacial score (nSPS) is 23.4. The summed E-state index contributed by atoms with van der Waals surface area (Å²) >= 11 is 0. The smallest absolute Gasteiger partial charge is 0.328 e. The third-order valence-electron chi connectivity index (χ3n) is 3.57. The number of rotatable bonds is 2. The van der Waals surface area contributed by atoms with Crippen LogP contribution in [-0.2, 0) is 11.0 Å². The van der Waals surface area contributed by atoms with Gasteiger partial charge in [0.25, 0.3) is 0 Å². The standard InChI is InChI=1S/C14H17F3N2O/c15-14(16,17)10-4-6-12(7-5-10)19-13(20)9-2-1-3-11(18)8-9/h4-7,9,11H,1-3,8,18H2,(H,19,20). The quantitative estimate of drug-likeness (QED) is 0.877. The van der Waals surface area contributed by atoms with Crippen LogP contribution >= 0.6 is 0 Å². The van der Waals surface area contributed by atoms with Crippen LogP contribution in [0.4, 0.5) is 18.9 Å². The van der Waals surface area contributed by atoms with E-state index in [1.54, 1.807) is 0 Å². The first-order valence-electron chi connectivity index (χ1n) is 6.60. The van der Waals surface area contributed by atoms with Gasteiger partial charge in [0.05, 0.1) is 5.56 Å². The van der Waals surface area contributed by atoms with Crippen LogP contribution in [0.15, 0.2) is 24.3 Å². The average molecular weight is 286 g/mol. The lowest BCUT2D eigenvalue weighted by molar-refractivity contribution is -0.137. The van der Waals surface area contributed by atoms with E-state index in [0.29, 0.717) is 12.1 Å². The molecule has 2 unspecified atom stereocenters. The molecule has 1 aliphatic rings. The average Bonchev–Trinajstić information content (AvgIpc) is 2.38. The molecule has 0 aromatic heterocycles. The second-order valence-corrected chi connectivity index (χ2v) is 5.19. The Kier molecular flexibility index (Phi) is 4.32. The number of carbonyl (C=O) groups excluding carboxylic acids is 1. The van der Waals surface area contributed by atoms with Crippen molar-refractivity contribution < 1.29 is 18.0 Å². The van der Waals surface area contributed by atoms with Gasteiger partial charge >= 0.3 is 6.18 Å². The zero-order valence-corrected chi connectivity index (χ0v) is 10.9. The van der Waals surface area contributed by atoms with Crippen molar-refractivity contribution in [2.24, 2.45) is 11.7 Å². The maximum atomic E-state index is 12.4. The summed E-state index contributed by atoms with van der Waals surface area (Å²) in [6.45, 7) is 0. The Balaban J connectivity index is 1.97. The van der Waals surface area contributed by atoms with E-state index in [9.17, 15) is 18.0 Å². The van der Waals surface area contributed by atoms with Gasteiger partial charge < -0.3 is 11.1 Å². The number of benzene rings is 1. The van der Waals surface area contributed by atoms with Crippen LogP contribution in [0.2, 0.25) is 0 Å². The fraction of sp³-hybridized carbons (Fsp3) is 0.500. The van der Waals surface area contributed by atoms with E-state index in [0.717, 1.165) is 31.4 Å². The summed E-state index contributed by atoms with van der Waals surface area (Å²) in [5.74, 6) is -0.319. The maximum Gasteiger partial charge on any atom is 0.416 e. The molecule has 3 N–H and O–H groups in total. The molecule has 0 radical (unpaired) electrons. The van der Waals surface area contributed by atoms with Gasteiger partial charge in [-0.2, -0.15) is 13.2 Å². The van der Waals surface area contributed by atoms with Gasteiger partial charge in [0, 0.05) is 17.6 Å². The Morgan fingerprint density at radius 1 is 1.20 bits per heavy atom. The van der Waals surface area contributed by atoms with Gasteiger partial charge in [-0.25, -0.2) is 0 Å². The highest BCUT2D eigenvalue weighted by Crippen LogP contribution is 2.30. The van der Waals surface area contributed by atoms with Crippen molar-refractivity contribution in [3.63, 3.8) is 0 Å². The number of amides is 1. The predicted molar refractivity (Wildman–Crippen MR) is 70.0 cm³/mol. The second-order valence-electron chi connectivity index (χ2n) is 5.19. The fourth-order valence-electron chi connectivity index (χ4n) is 2.45. The third kappa shape index (κ3) is 3.72. The van der Waals surface area contributed by atoms with E-state index in [-0.39, 0.29) is 17.9 Å². The maximum absolute atomic E-state index is 12.4. The minimum Gasteiger partial charge on any atom is -0.328 e. The third-order valence-corrected chi connectivity index (χ3v) is 3.57. The zero-order valence-electron chi connectivity index (χ0n) is 10.9. The molecule has 2 atom stereocenters. The molecule has 1 saturated carbocycles. The molecular formula is C14H17F3N2O. The van der Waals surface area contributed by atoms with E-state index in [1.807, 2.05) is 0 Å². The van der Waals surface area contributed by atoms with Crippen molar-refractivity contribution in [3.8, 4) is 0 Å². The highest BCUT2D eigenvalue weighted by atomic mass is 19.4. The molecule has 0 heterocycles. The molecule has 2 rings (SSSR count). The summed E-state index contributed by atoms with van der Waals surface area (Å²) in [7, 11) is 0. The lowest BCUT2D eigenvalue weighted by Crippen LogP contribution is -2.34. The van der Waals surface area contributed by atoms with E-state index >= 15 is 0 Å². The summed E-state index contributed by atoms with van der Waals surface area (Å²) in [6, 6.07) is 4.49. The highest BCUT2D eigenvalue weighted by Gasteiger charge is 2.30. The van der Waals surface area contributed by atoms with E-state index < -0.39 is 11.7 Å². The van der Waals surface area contributed by atoms with Crippen LogP contribution in [0.3, 0.4) is 0 Å². The molecule has 110 valence electrons. The Morgan fingerprint density at radius 2 is 1.85 bits per heavy atom. The second kappa shape index (κ2) is 5.83. The number of alkyl halides is 3. The number of anilines is 1. The molecule has 0 saturated heterocycles. The van der Waals surface area contributed by atoms with Crippen molar-refractivity contribution in [2.45, 2.75) is 37.9 Å². The van der Waals surface area contributed by atoms with Crippen LogP contribution in [0, 0.1) is 5.92 Å². The number of hydrogen-bond acceptors (Lipinski definition) is 2. The Bertz CT molecular complexity index is 470. The molecule has 1 aromatic rings. The van der Waals surface area contributed by atoms with Crippen LogP contribution in [0.5, 0.6) is 0 Å². The molecule has 0 aliphatic heterocycles. The van der Waals surface area contributed by atoms with Crippen molar-refractivity contribution in [2.75, 3.05) is 5.32 Å². The monoisotopic (exact) mass is 286 g/mol.